The van der Waals surface area contributed by atoms with Gasteiger partial charge in [0.1, 0.15) is 5.82 Å². The molecule has 2 aliphatic rings. The van der Waals surface area contributed by atoms with Crippen LogP contribution in [0.2, 0.25) is 0 Å². The summed E-state index contributed by atoms with van der Waals surface area (Å²) in [5.74, 6) is 0.279. The third-order valence-corrected chi connectivity index (χ3v) is 4.65. The maximum Gasteiger partial charge on any atom is 0.129 e. The predicted octanol–water partition coefficient (Wildman–Crippen LogP) is 3.07. The zero-order chi connectivity index (χ0) is 12.7. The fraction of sp³-hybridized carbons (Fsp3) is 0.571. The molecule has 0 bridgehead atoms. The third kappa shape index (κ3) is 2.22. The van der Waals surface area contributed by atoms with Crippen molar-refractivity contribution in [2.45, 2.75) is 31.3 Å². The summed E-state index contributed by atoms with van der Waals surface area (Å²) in [4.78, 5) is 2.46. The lowest BCUT2D eigenvalue weighted by Gasteiger charge is -2.28. The average Bonchev–Trinajstić information content (AvgIpc) is 3.10. The first-order valence-corrected chi connectivity index (χ1v) is 7.40. The molecule has 2 N–H and O–H groups in total. The van der Waals surface area contributed by atoms with Gasteiger partial charge in [-0.3, -0.25) is 4.90 Å². The number of nitrogens with zero attached hydrogens (tertiary/aromatic N) is 1. The third-order valence-electron chi connectivity index (χ3n) is 4.16. The zero-order valence-corrected chi connectivity index (χ0v) is 11.9. The first-order valence-electron chi connectivity index (χ1n) is 6.61. The first kappa shape index (κ1) is 12.6. The lowest BCUT2D eigenvalue weighted by molar-refractivity contribution is 0.215. The SMILES string of the molecule is NCC1CCN(C2CC2)C1c1ccc(Br)cc1F. The summed E-state index contributed by atoms with van der Waals surface area (Å²) in [7, 11) is 0. The quantitative estimate of drug-likeness (QED) is 0.929. The number of nitrogens with two attached hydrogens (primary N) is 1. The number of hydrogen-bond acceptors (Lipinski definition) is 2. The molecule has 1 aromatic rings. The molecule has 1 saturated carbocycles. The minimum atomic E-state index is -0.111. The second-order valence-corrected chi connectivity index (χ2v) is 6.28. The molecule has 1 aliphatic carbocycles. The minimum absolute atomic E-state index is 0.111. The van der Waals surface area contributed by atoms with Crippen molar-refractivity contribution >= 4 is 15.9 Å². The van der Waals surface area contributed by atoms with Crippen LogP contribution in [0.3, 0.4) is 0 Å². The van der Waals surface area contributed by atoms with Crippen molar-refractivity contribution in [3.8, 4) is 0 Å². The molecule has 18 heavy (non-hydrogen) atoms. The van der Waals surface area contributed by atoms with Gasteiger partial charge < -0.3 is 5.73 Å². The van der Waals surface area contributed by atoms with Gasteiger partial charge >= 0.3 is 0 Å². The van der Waals surface area contributed by atoms with Gasteiger partial charge in [-0.05, 0) is 50.4 Å². The molecule has 2 nitrogen and oxygen atoms in total. The van der Waals surface area contributed by atoms with E-state index in [1.165, 1.54) is 12.8 Å². The maximum absolute atomic E-state index is 14.2. The van der Waals surface area contributed by atoms with Crippen LogP contribution in [0, 0.1) is 11.7 Å². The van der Waals surface area contributed by atoms with E-state index in [2.05, 4.69) is 20.8 Å². The van der Waals surface area contributed by atoms with Gasteiger partial charge in [0, 0.05) is 22.1 Å². The molecule has 2 unspecified atom stereocenters. The Kier molecular flexibility index (Phi) is 3.43. The monoisotopic (exact) mass is 312 g/mol. The molecule has 2 fully saturated rings. The van der Waals surface area contributed by atoms with Crippen molar-refractivity contribution in [1.29, 1.82) is 0 Å². The molecule has 1 aliphatic heterocycles. The topological polar surface area (TPSA) is 29.3 Å². The summed E-state index contributed by atoms with van der Waals surface area (Å²) in [6, 6.07) is 6.24. The number of likely N-dealkylation sites (tertiary alicyclic amines) is 1. The molecular weight excluding hydrogens is 295 g/mol. The van der Waals surface area contributed by atoms with Gasteiger partial charge in [-0.1, -0.05) is 22.0 Å². The Hall–Kier alpha value is -0.450. The van der Waals surface area contributed by atoms with Gasteiger partial charge in [-0.25, -0.2) is 4.39 Å². The smallest absolute Gasteiger partial charge is 0.129 e. The van der Waals surface area contributed by atoms with Crippen molar-refractivity contribution in [1.82, 2.24) is 4.90 Å². The number of hydrogen-bond donors (Lipinski definition) is 1. The largest absolute Gasteiger partial charge is 0.330 e. The second-order valence-electron chi connectivity index (χ2n) is 5.36. The molecule has 0 aromatic heterocycles. The highest BCUT2D eigenvalue weighted by molar-refractivity contribution is 9.10. The van der Waals surface area contributed by atoms with E-state index in [0.29, 0.717) is 18.5 Å². The van der Waals surface area contributed by atoms with E-state index in [1.807, 2.05) is 12.1 Å². The average molecular weight is 313 g/mol. The fourth-order valence-corrected chi connectivity index (χ4v) is 3.45. The van der Waals surface area contributed by atoms with Crippen molar-refractivity contribution in [3.05, 3.63) is 34.1 Å². The van der Waals surface area contributed by atoms with E-state index < -0.39 is 0 Å². The van der Waals surface area contributed by atoms with Crippen LogP contribution in [0.5, 0.6) is 0 Å². The Morgan fingerprint density at radius 3 is 2.72 bits per heavy atom. The molecule has 3 rings (SSSR count). The van der Waals surface area contributed by atoms with Crippen LogP contribution < -0.4 is 5.73 Å². The highest BCUT2D eigenvalue weighted by Gasteiger charge is 2.42. The zero-order valence-electron chi connectivity index (χ0n) is 10.3. The molecular formula is C14H18BrFN2. The van der Waals surface area contributed by atoms with Crippen molar-refractivity contribution < 1.29 is 4.39 Å². The van der Waals surface area contributed by atoms with E-state index in [4.69, 9.17) is 5.73 Å². The Morgan fingerprint density at radius 2 is 2.11 bits per heavy atom. The minimum Gasteiger partial charge on any atom is -0.330 e. The van der Waals surface area contributed by atoms with Crippen LogP contribution in [0.1, 0.15) is 30.9 Å². The number of benzene rings is 1. The maximum atomic E-state index is 14.2. The van der Waals surface area contributed by atoms with Crippen molar-refractivity contribution in [2.24, 2.45) is 11.7 Å². The van der Waals surface area contributed by atoms with Crippen LogP contribution in [0.25, 0.3) is 0 Å². The van der Waals surface area contributed by atoms with E-state index in [-0.39, 0.29) is 11.9 Å². The van der Waals surface area contributed by atoms with Crippen LogP contribution in [-0.2, 0) is 0 Å². The van der Waals surface area contributed by atoms with Gasteiger partial charge in [-0.15, -0.1) is 0 Å². The van der Waals surface area contributed by atoms with Crippen LogP contribution in [-0.4, -0.2) is 24.0 Å². The number of halogens is 2. The summed E-state index contributed by atoms with van der Waals surface area (Å²) < 4.78 is 15.0. The summed E-state index contributed by atoms with van der Waals surface area (Å²) >= 11 is 3.32. The van der Waals surface area contributed by atoms with E-state index in [0.717, 1.165) is 23.0 Å². The molecule has 0 radical (unpaired) electrons. The summed E-state index contributed by atoms with van der Waals surface area (Å²) in [5.41, 5.74) is 6.68. The van der Waals surface area contributed by atoms with Crippen molar-refractivity contribution in [3.63, 3.8) is 0 Å². The van der Waals surface area contributed by atoms with Gasteiger partial charge in [0.15, 0.2) is 0 Å². The van der Waals surface area contributed by atoms with Gasteiger partial charge in [0.2, 0.25) is 0 Å². The van der Waals surface area contributed by atoms with Crippen LogP contribution in [0.4, 0.5) is 4.39 Å². The van der Waals surface area contributed by atoms with Crippen LogP contribution in [0.15, 0.2) is 22.7 Å². The summed E-state index contributed by atoms with van der Waals surface area (Å²) in [6.07, 6.45) is 3.60. The van der Waals surface area contributed by atoms with Gasteiger partial charge in [0.25, 0.3) is 0 Å². The standard InChI is InChI=1S/C14H18BrFN2/c15-10-1-4-12(13(16)7-10)14-9(8-17)5-6-18(14)11-2-3-11/h1,4,7,9,11,14H,2-3,5-6,8,17H2. The molecule has 4 heteroatoms. The first-order chi connectivity index (χ1) is 8.70. The molecule has 98 valence electrons. The van der Waals surface area contributed by atoms with E-state index in [9.17, 15) is 4.39 Å². The van der Waals surface area contributed by atoms with Crippen LogP contribution >= 0.6 is 15.9 Å². The van der Waals surface area contributed by atoms with E-state index >= 15 is 0 Å². The summed E-state index contributed by atoms with van der Waals surface area (Å²) in [6.45, 7) is 1.70. The van der Waals surface area contributed by atoms with Crippen molar-refractivity contribution in [2.75, 3.05) is 13.1 Å². The Balaban J connectivity index is 1.94. The highest BCUT2D eigenvalue weighted by Crippen LogP contribution is 2.44. The lowest BCUT2D eigenvalue weighted by atomic mass is 9.93. The molecule has 2 atom stereocenters. The molecule has 1 saturated heterocycles. The lowest BCUT2D eigenvalue weighted by Crippen LogP contribution is -2.30. The van der Waals surface area contributed by atoms with E-state index in [1.54, 1.807) is 6.07 Å². The fourth-order valence-electron chi connectivity index (χ4n) is 3.12. The molecule has 0 spiro atoms. The molecule has 1 heterocycles. The Labute approximate surface area is 115 Å². The van der Waals surface area contributed by atoms with Gasteiger partial charge in [0.05, 0.1) is 0 Å². The predicted molar refractivity (Wildman–Crippen MR) is 73.7 cm³/mol. The molecule has 0 amide bonds. The normalized spacial score (nSPS) is 28.8. The second kappa shape index (κ2) is 4.91. The summed E-state index contributed by atoms with van der Waals surface area (Å²) in [5, 5.41) is 0. The Bertz CT molecular complexity index is 447. The highest BCUT2D eigenvalue weighted by atomic mass is 79.9. The Morgan fingerprint density at radius 1 is 1.33 bits per heavy atom. The number of rotatable bonds is 3. The van der Waals surface area contributed by atoms with Gasteiger partial charge in [-0.2, -0.15) is 0 Å². The molecule has 1 aromatic carbocycles.